The van der Waals surface area contributed by atoms with Gasteiger partial charge in [0.05, 0.1) is 22.1 Å². The molecule has 8 rings (SSSR count). The third kappa shape index (κ3) is 1.04. The van der Waals surface area contributed by atoms with Crippen molar-refractivity contribution in [3.8, 4) is 22.8 Å². The van der Waals surface area contributed by atoms with Crippen LogP contribution in [-0.2, 0) is 14.1 Å². The van der Waals surface area contributed by atoms with Gasteiger partial charge in [0.1, 0.15) is 11.6 Å². The molecule has 20 heavy (non-hydrogen) atoms. The maximum absolute atomic E-state index is 4.77. The molecule has 4 nitrogen and oxygen atoms in total. The predicted octanol–water partition coefficient (Wildman–Crippen LogP) is 3.11. The molecule has 0 fully saturated rings. The van der Waals surface area contributed by atoms with Crippen molar-refractivity contribution in [3.63, 3.8) is 0 Å². The largest absolute Gasteiger partial charge is 0.327 e. The summed E-state index contributed by atoms with van der Waals surface area (Å²) >= 11 is 0. The lowest BCUT2D eigenvalue weighted by Crippen LogP contribution is -1.92. The number of hydrogen-bond donors (Lipinski definition) is 0. The lowest BCUT2D eigenvalue weighted by Gasteiger charge is -2.04. The molecular weight excluding hydrogens is 248 g/mol. The van der Waals surface area contributed by atoms with Gasteiger partial charge in [-0.15, -0.1) is 0 Å². The molecule has 0 radical (unpaired) electrons. The Morgan fingerprint density at radius 2 is 1.15 bits per heavy atom. The van der Waals surface area contributed by atoms with Gasteiger partial charge in [0.2, 0.25) is 0 Å². The van der Waals surface area contributed by atoms with E-state index >= 15 is 0 Å². The highest BCUT2D eigenvalue weighted by molar-refractivity contribution is 5.95. The normalized spacial score (nSPS) is 12.5. The minimum absolute atomic E-state index is 1.00. The SMILES string of the molecule is Cn1c2nc3cc4nc(n(C)c4cc31)-c1ccc-2cc1. The Kier molecular flexibility index (Phi) is 1.58. The Labute approximate surface area is 115 Å². The number of aryl methyl sites for hydroxylation is 2. The first kappa shape index (κ1) is 10.2. The minimum Gasteiger partial charge on any atom is -0.327 e. The van der Waals surface area contributed by atoms with Crippen LogP contribution in [0, 0.1) is 0 Å². The fourth-order valence-corrected chi connectivity index (χ4v) is 3.16. The minimum atomic E-state index is 1.00. The van der Waals surface area contributed by atoms with E-state index in [4.69, 9.17) is 9.97 Å². The summed E-state index contributed by atoms with van der Waals surface area (Å²) in [6, 6.07) is 12.8. The monoisotopic (exact) mass is 260 g/mol. The van der Waals surface area contributed by atoms with E-state index in [9.17, 15) is 0 Å². The lowest BCUT2D eigenvalue weighted by atomic mass is 10.1. The van der Waals surface area contributed by atoms with E-state index in [0.717, 1.165) is 44.8 Å². The van der Waals surface area contributed by atoms with Gasteiger partial charge in [-0.05, 0) is 12.1 Å². The molecular formula is C16H12N4. The number of nitrogens with zero attached hydrogens (tertiary/aromatic N) is 4. The summed E-state index contributed by atoms with van der Waals surface area (Å²) < 4.78 is 4.31. The van der Waals surface area contributed by atoms with Crippen molar-refractivity contribution >= 4 is 22.1 Å². The highest BCUT2D eigenvalue weighted by Crippen LogP contribution is 2.32. The molecule has 0 N–H and O–H groups in total. The molecule has 4 aromatic rings. The number of imidazole rings is 2. The Bertz CT molecular complexity index is 924. The van der Waals surface area contributed by atoms with Gasteiger partial charge in [-0.25, -0.2) is 9.97 Å². The van der Waals surface area contributed by atoms with Crippen LogP contribution in [0.5, 0.6) is 0 Å². The van der Waals surface area contributed by atoms with Crippen molar-refractivity contribution in [3.05, 3.63) is 36.4 Å². The number of hydrogen-bond acceptors (Lipinski definition) is 2. The molecule has 0 saturated carbocycles. The molecule has 0 unspecified atom stereocenters. The molecule has 2 aromatic heterocycles. The van der Waals surface area contributed by atoms with Crippen molar-refractivity contribution in [1.82, 2.24) is 19.1 Å². The summed E-state index contributed by atoms with van der Waals surface area (Å²) in [5, 5.41) is 0. The molecule has 6 heterocycles. The zero-order valence-corrected chi connectivity index (χ0v) is 11.3. The van der Waals surface area contributed by atoms with Gasteiger partial charge in [-0.1, -0.05) is 24.3 Å². The van der Waals surface area contributed by atoms with Crippen LogP contribution in [0.2, 0.25) is 0 Å². The summed E-state index contributed by atoms with van der Waals surface area (Å²) in [5.41, 5.74) is 6.58. The highest BCUT2D eigenvalue weighted by Gasteiger charge is 2.17. The van der Waals surface area contributed by atoms with Gasteiger partial charge in [0.15, 0.2) is 0 Å². The number of benzene rings is 2. The van der Waals surface area contributed by atoms with E-state index in [2.05, 4.69) is 59.6 Å². The van der Waals surface area contributed by atoms with Crippen molar-refractivity contribution in [2.24, 2.45) is 14.1 Å². The van der Waals surface area contributed by atoms with Crippen LogP contribution in [0.1, 0.15) is 0 Å². The fourth-order valence-electron chi connectivity index (χ4n) is 3.16. The molecule has 0 aliphatic carbocycles. The second kappa shape index (κ2) is 3.10. The van der Waals surface area contributed by atoms with Gasteiger partial charge in [0, 0.05) is 25.2 Å². The van der Waals surface area contributed by atoms with Crippen LogP contribution in [-0.4, -0.2) is 19.1 Å². The van der Waals surface area contributed by atoms with E-state index < -0.39 is 0 Å². The highest BCUT2D eigenvalue weighted by atomic mass is 15.1. The zero-order chi connectivity index (χ0) is 13.4. The maximum Gasteiger partial charge on any atom is 0.140 e. The topological polar surface area (TPSA) is 35.6 Å². The Morgan fingerprint density at radius 3 is 1.60 bits per heavy atom. The maximum atomic E-state index is 4.77. The molecule has 0 spiro atoms. The van der Waals surface area contributed by atoms with E-state index in [-0.39, 0.29) is 0 Å². The summed E-state index contributed by atoms with van der Waals surface area (Å²) in [7, 11) is 4.14. The number of aromatic nitrogens is 4. The molecule has 2 aromatic carbocycles. The standard InChI is InChI=1S/C16H12N4/c1-19-13-8-14-12-7-11(13)17-15(19)9-3-5-10(6-4-9)16(18-12)20(14)2/h3-8H,1-2H3. The van der Waals surface area contributed by atoms with Crippen LogP contribution >= 0.6 is 0 Å². The number of rotatable bonds is 0. The van der Waals surface area contributed by atoms with Gasteiger partial charge < -0.3 is 9.13 Å². The van der Waals surface area contributed by atoms with Crippen LogP contribution in [0.4, 0.5) is 0 Å². The molecule has 0 atom stereocenters. The molecule has 4 aliphatic heterocycles. The van der Waals surface area contributed by atoms with E-state index in [1.807, 2.05) is 0 Å². The quantitative estimate of drug-likeness (QED) is 0.429. The second-order valence-electron chi connectivity index (χ2n) is 5.40. The molecule has 4 heteroatoms. The summed E-state index contributed by atoms with van der Waals surface area (Å²) in [6.45, 7) is 0. The average Bonchev–Trinajstić information content (AvgIpc) is 2.93. The van der Waals surface area contributed by atoms with Crippen LogP contribution in [0.15, 0.2) is 36.4 Å². The molecule has 96 valence electrons. The summed E-state index contributed by atoms with van der Waals surface area (Å²) in [5.74, 6) is 2.00. The van der Waals surface area contributed by atoms with E-state index in [1.165, 1.54) is 0 Å². The summed E-state index contributed by atoms with van der Waals surface area (Å²) in [6.07, 6.45) is 0. The average molecular weight is 260 g/mol. The predicted molar refractivity (Wildman–Crippen MR) is 79.4 cm³/mol. The first-order valence-corrected chi connectivity index (χ1v) is 6.66. The van der Waals surface area contributed by atoms with Crippen molar-refractivity contribution in [1.29, 1.82) is 0 Å². The smallest absolute Gasteiger partial charge is 0.140 e. The molecule has 0 amide bonds. The van der Waals surface area contributed by atoms with E-state index in [1.54, 1.807) is 0 Å². The van der Waals surface area contributed by atoms with Gasteiger partial charge >= 0.3 is 0 Å². The van der Waals surface area contributed by atoms with Crippen LogP contribution in [0.25, 0.3) is 44.8 Å². The fraction of sp³-hybridized carbons (Fsp3) is 0.125. The Hall–Kier alpha value is -2.62. The van der Waals surface area contributed by atoms with Crippen LogP contribution in [0.3, 0.4) is 0 Å². The lowest BCUT2D eigenvalue weighted by molar-refractivity contribution is 0.953. The van der Waals surface area contributed by atoms with E-state index in [0.29, 0.717) is 0 Å². The van der Waals surface area contributed by atoms with Crippen molar-refractivity contribution < 1.29 is 0 Å². The van der Waals surface area contributed by atoms with Crippen molar-refractivity contribution in [2.75, 3.05) is 0 Å². The molecule has 4 aliphatic rings. The first-order valence-electron chi connectivity index (χ1n) is 6.66. The van der Waals surface area contributed by atoms with Gasteiger partial charge in [-0.2, -0.15) is 0 Å². The van der Waals surface area contributed by atoms with Gasteiger partial charge in [-0.3, -0.25) is 0 Å². The third-order valence-electron chi connectivity index (χ3n) is 4.28. The first-order chi connectivity index (χ1) is 9.72. The third-order valence-corrected chi connectivity index (χ3v) is 4.28. The Morgan fingerprint density at radius 1 is 0.700 bits per heavy atom. The zero-order valence-electron chi connectivity index (χ0n) is 11.3. The molecule has 0 saturated heterocycles. The van der Waals surface area contributed by atoms with Crippen LogP contribution < -0.4 is 0 Å². The second-order valence-corrected chi connectivity index (χ2v) is 5.40. The van der Waals surface area contributed by atoms with Crippen molar-refractivity contribution in [2.45, 2.75) is 0 Å². The molecule has 8 bridgehead atoms. The van der Waals surface area contributed by atoms with Gasteiger partial charge in [0.25, 0.3) is 0 Å². The summed E-state index contributed by atoms with van der Waals surface area (Å²) in [4.78, 5) is 9.55. The Balaban J connectivity index is 2.17.